The molecular formula is C13H15Cl3O4S. The van der Waals surface area contributed by atoms with Crippen LogP contribution >= 0.6 is 33.9 Å². The van der Waals surface area contributed by atoms with E-state index in [0.717, 1.165) is 0 Å². The lowest BCUT2D eigenvalue weighted by atomic mass is 9.83. The van der Waals surface area contributed by atoms with E-state index in [-0.39, 0.29) is 12.4 Å². The molecule has 0 spiro atoms. The van der Waals surface area contributed by atoms with Gasteiger partial charge in [0, 0.05) is 39.4 Å². The van der Waals surface area contributed by atoms with Gasteiger partial charge in [-0.25, -0.2) is 8.42 Å². The molecule has 0 radical (unpaired) electrons. The minimum absolute atomic E-state index is 0.140. The first-order chi connectivity index (χ1) is 9.78. The highest BCUT2D eigenvalue weighted by Crippen LogP contribution is 2.34. The molecule has 118 valence electrons. The van der Waals surface area contributed by atoms with Gasteiger partial charge < -0.3 is 9.47 Å². The summed E-state index contributed by atoms with van der Waals surface area (Å²) in [5.74, 6) is 0.365. The third-order valence-electron chi connectivity index (χ3n) is 3.41. The fourth-order valence-electron chi connectivity index (χ4n) is 2.35. The van der Waals surface area contributed by atoms with Crippen molar-refractivity contribution < 1.29 is 17.9 Å². The molecule has 1 saturated heterocycles. The predicted molar refractivity (Wildman–Crippen MR) is 84.1 cm³/mol. The van der Waals surface area contributed by atoms with E-state index in [1.165, 1.54) is 0 Å². The van der Waals surface area contributed by atoms with Gasteiger partial charge in [-0.05, 0) is 31.0 Å². The maximum atomic E-state index is 11.5. The van der Waals surface area contributed by atoms with E-state index in [1.807, 2.05) is 0 Å². The Balaban J connectivity index is 2.11. The van der Waals surface area contributed by atoms with E-state index in [9.17, 15) is 8.42 Å². The van der Waals surface area contributed by atoms with E-state index in [1.54, 1.807) is 18.2 Å². The van der Waals surface area contributed by atoms with Gasteiger partial charge >= 0.3 is 0 Å². The summed E-state index contributed by atoms with van der Waals surface area (Å²) >= 11 is 11.8. The lowest BCUT2D eigenvalue weighted by Crippen LogP contribution is -2.40. The SMILES string of the molecule is O=S(=O)(Cl)CC1(COc2cc(Cl)cc(Cl)c2)CCOCC1. The molecule has 0 aliphatic carbocycles. The summed E-state index contributed by atoms with van der Waals surface area (Å²) in [6.45, 7) is 1.21. The number of hydrogen-bond acceptors (Lipinski definition) is 4. The summed E-state index contributed by atoms with van der Waals surface area (Å²) < 4.78 is 33.9. The molecule has 1 heterocycles. The fourth-order valence-corrected chi connectivity index (χ4v) is 4.65. The zero-order valence-electron chi connectivity index (χ0n) is 11.1. The zero-order valence-corrected chi connectivity index (χ0v) is 14.2. The van der Waals surface area contributed by atoms with Crippen LogP contribution in [0.1, 0.15) is 12.8 Å². The van der Waals surface area contributed by atoms with E-state index >= 15 is 0 Å². The first-order valence-electron chi connectivity index (χ1n) is 6.37. The highest BCUT2D eigenvalue weighted by atomic mass is 35.7. The molecule has 1 aromatic carbocycles. The van der Waals surface area contributed by atoms with Gasteiger partial charge in [0.15, 0.2) is 0 Å². The molecule has 1 aromatic rings. The average molecular weight is 374 g/mol. The molecule has 0 atom stereocenters. The van der Waals surface area contributed by atoms with Gasteiger partial charge in [0.1, 0.15) is 5.75 Å². The minimum atomic E-state index is -3.62. The van der Waals surface area contributed by atoms with E-state index in [4.69, 9.17) is 43.4 Å². The number of hydrogen-bond donors (Lipinski definition) is 0. The maximum absolute atomic E-state index is 11.5. The Morgan fingerprint density at radius 2 is 1.71 bits per heavy atom. The summed E-state index contributed by atoms with van der Waals surface area (Å²) in [4.78, 5) is 0. The van der Waals surface area contributed by atoms with Gasteiger partial charge in [0.25, 0.3) is 0 Å². The number of benzene rings is 1. The molecular weight excluding hydrogens is 359 g/mol. The molecule has 0 amide bonds. The van der Waals surface area contributed by atoms with Crippen LogP contribution in [0.3, 0.4) is 0 Å². The molecule has 21 heavy (non-hydrogen) atoms. The van der Waals surface area contributed by atoms with Crippen molar-refractivity contribution in [3.63, 3.8) is 0 Å². The van der Waals surface area contributed by atoms with Crippen LogP contribution in [0.25, 0.3) is 0 Å². The molecule has 0 aromatic heterocycles. The van der Waals surface area contributed by atoms with Gasteiger partial charge in [0.2, 0.25) is 9.05 Å². The number of halogens is 3. The van der Waals surface area contributed by atoms with Crippen LogP contribution in [0.5, 0.6) is 5.75 Å². The second-order valence-electron chi connectivity index (χ2n) is 5.19. The summed E-state index contributed by atoms with van der Waals surface area (Å²) in [6, 6.07) is 4.87. The molecule has 4 nitrogen and oxygen atoms in total. The van der Waals surface area contributed by atoms with Crippen LogP contribution in [-0.4, -0.2) is 34.0 Å². The second-order valence-corrected chi connectivity index (χ2v) is 8.84. The lowest BCUT2D eigenvalue weighted by molar-refractivity contribution is 0.00228. The average Bonchev–Trinajstić information content (AvgIpc) is 2.34. The second kappa shape index (κ2) is 6.92. The smallest absolute Gasteiger partial charge is 0.233 e. The Morgan fingerprint density at radius 3 is 2.24 bits per heavy atom. The Morgan fingerprint density at radius 1 is 1.14 bits per heavy atom. The molecule has 0 saturated carbocycles. The predicted octanol–water partition coefficient (Wildman–Crippen LogP) is 3.74. The molecule has 1 aliphatic heterocycles. The van der Waals surface area contributed by atoms with Crippen LogP contribution < -0.4 is 4.74 Å². The highest BCUT2D eigenvalue weighted by Gasteiger charge is 2.37. The highest BCUT2D eigenvalue weighted by molar-refractivity contribution is 8.13. The van der Waals surface area contributed by atoms with E-state index in [0.29, 0.717) is 41.9 Å². The topological polar surface area (TPSA) is 52.6 Å². The Bertz CT molecular complexity index is 577. The Kier molecular flexibility index (Phi) is 5.65. The van der Waals surface area contributed by atoms with E-state index in [2.05, 4.69) is 0 Å². The molecule has 2 rings (SSSR count). The van der Waals surface area contributed by atoms with E-state index < -0.39 is 14.5 Å². The molecule has 0 unspecified atom stereocenters. The summed E-state index contributed by atoms with van der Waals surface area (Å²) in [5, 5.41) is 0.923. The van der Waals surface area contributed by atoms with Crippen LogP contribution in [-0.2, 0) is 13.8 Å². The van der Waals surface area contributed by atoms with Crippen LogP contribution in [0.4, 0.5) is 0 Å². The molecule has 8 heteroatoms. The Labute approximate surface area is 138 Å². The Hall–Kier alpha value is -0.200. The normalized spacial score (nSPS) is 18.4. The summed E-state index contributed by atoms with van der Waals surface area (Å²) in [7, 11) is 1.80. The first kappa shape index (κ1) is 17.2. The van der Waals surface area contributed by atoms with Crippen molar-refractivity contribution in [3.8, 4) is 5.75 Å². The standard InChI is InChI=1S/C13H15Cl3O4S/c14-10-5-11(15)7-12(6-10)20-8-13(9-21(16,17)18)1-3-19-4-2-13/h5-7H,1-4,8-9H2. The van der Waals surface area contributed by atoms with Crippen molar-refractivity contribution in [2.45, 2.75) is 12.8 Å². The van der Waals surface area contributed by atoms with Crippen molar-refractivity contribution in [2.75, 3.05) is 25.6 Å². The first-order valence-corrected chi connectivity index (χ1v) is 9.61. The van der Waals surface area contributed by atoms with Crippen molar-refractivity contribution in [3.05, 3.63) is 28.2 Å². The van der Waals surface area contributed by atoms with Crippen LogP contribution in [0.15, 0.2) is 18.2 Å². The fraction of sp³-hybridized carbons (Fsp3) is 0.538. The lowest BCUT2D eigenvalue weighted by Gasteiger charge is -2.35. The van der Waals surface area contributed by atoms with Crippen LogP contribution in [0.2, 0.25) is 10.0 Å². The number of ether oxygens (including phenoxy) is 2. The third-order valence-corrected chi connectivity index (χ3v) is 5.13. The van der Waals surface area contributed by atoms with Crippen molar-refractivity contribution >= 4 is 42.9 Å². The van der Waals surface area contributed by atoms with Gasteiger partial charge in [-0.1, -0.05) is 23.2 Å². The molecule has 1 fully saturated rings. The monoisotopic (exact) mass is 372 g/mol. The summed E-state index contributed by atoms with van der Waals surface area (Å²) in [6.07, 6.45) is 1.15. The zero-order chi connectivity index (χ0) is 15.5. The van der Waals surface area contributed by atoms with Gasteiger partial charge in [-0.2, -0.15) is 0 Å². The third kappa shape index (κ3) is 5.49. The van der Waals surface area contributed by atoms with Gasteiger partial charge in [-0.3, -0.25) is 0 Å². The van der Waals surface area contributed by atoms with Crippen LogP contribution in [0, 0.1) is 5.41 Å². The molecule has 0 N–H and O–H groups in total. The molecule has 1 aliphatic rings. The quantitative estimate of drug-likeness (QED) is 0.738. The maximum Gasteiger partial charge on any atom is 0.233 e. The van der Waals surface area contributed by atoms with Gasteiger partial charge in [-0.15, -0.1) is 0 Å². The minimum Gasteiger partial charge on any atom is -0.493 e. The van der Waals surface area contributed by atoms with Crippen molar-refractivity contribution in [1.82, 2.24) is 0 Å². The molecule has 0 bridgehead atoms. The van der Waals surface area contributed by atoms with Crippen molar-refractivity contribution in [1.29, 1.82) is 0 Å². The van der Waals surface area contributed by atoms with Gasteiger partial charge in [0.05, 0.1) is 12.4 Å². The summed E-state index contributed by atoms with van der Waals surface area (Å²) in [5.41, 5.74) is -0.548. The largest absolute Gasteiger partial charge is 0.493 e. The van der Waals surface area contributed by atoms with Crippen molar-refractivity contribution in [2.24, 2.45) is 5.41 Å². The number of rotatable bonds is 5.